The lowest BCUT2D eigenvalue weighted by molar-refractivity contribution is -0.0650. The molecule has 1 N–H and O–H groups in total. The second-order valence-corrected chi connectivity index (χ2v) is 17.2. The molecule has 1 fully saturated rings. The van der Waals surface area contributed by atoms with Gasteiger partial charge in [0.05, 0.1) is 5.60 Å². The number of nitrogens with zero attached hydrogens (tertiary/aromatic N) is 1. The molecular formula is C28H49NO5Si. The zero-order valence-corrected chi connectivity index (χ0v) is 24.6. The van der Waals surface area contributed by atoms with Crippen molar-refractivity contribution in [2.75, 3.05) is 26.8 Å². The van der Waals surface area contributed by atoms with E-state index in [9.17, 15) is 9.90 Å². The summed E-state index contributed by atoms with van der Waals surface area (Å²) in [5, 5.41) is 12.5. The van der Waals surface area contributed by atoms with Gasteiger partial charge in [-0.25, -0.2) is 4.79 Å². The van der Waals surface area contributed by atoms with E-state index in [1.807, 2.05) is 45.0 Å². The number of ether oxygens (including phenoxy) is 2. The number of benzene rings is 1. The van der Waals surface area contributed by atoms with Gasteiger partial charge in [0.25, 0.3) is 0 Å². The number of carbonyl (C=O) groups excluding carboxylic acids is 1. The van der Waals surface area contributed by atoms with Crippen LogP contribution in [0.2, 0.25) is 18.1 Å². The molecule has 1 aromatic rings. The van der Waals surface area contributed by atoms with Gasteiger partial charge in [-0.05, 0) is 77.1 Å². The Labute approximate surface area is 214 Å². The summed E-state index contributed by atoms with van der Waals surface area (Å²) in [6.45, 7) is 18.5. The molecule has 0 radical (unpaired) electrons. The molecule has 1 amide bonds. The molecule has 0 bridgehead atoms. The van der Waals surface area contributed by atoms with Gasteiger partial charge < -0.3 is 23.9 Å². The number of piperidine rings is 1. The Morgan fingerprint density at radius 2 is 1.77 bits per heavy atom. The lowest BCUT2D eigenvalue weighted by Crippen LogP contribution is -2.50. The molecule has 0 aliphatic carbocycles. The van der Waals surface area contributed by atoms with Crippen molar-refractivity contribution in [3.05, 3.63) is 29.8 Å². The molecule has 0 spiro atoms. The van der Waals surface area contributed by atoms with Crippen molar-refractivity contribution in [2.45, 2.75) is 103 Å². The first-order valence-electron chi connectivity index (χ1n) is 13.1. The molecule has 1 aliphatic rings. The quantitative estimate of drug-likeness (QED) is 0.297. The lowest BCUT2D eigenvalue weighted by atomic mass is 9.74. The first-order chi connectivity index (χ1) is 16.1. The van der Waals surface area contributed by atoms with Crippen molar-refractivity contribution >= 4 is 14.4 Å². The SMILES string of the molecule is COCCCC[C@](O)(c1ccccc1O[Si](C)(C)C(C)(C)C)[C@@H]1CCCN(C(=O)OC(C)(C)C)C1. The van der Waals surface area contributed by atoms with Crippen molar-refractivity contribution in [2.24, 2.45) is 5.92 Å². The largest absolute Gasteiger partial charge is 0.543 e. The second kappa shape index (κ2) is 11.7. The number of rotatable bonds is 9. The smallest absolute Gasteiger partial charge is 0.410 e. The number of likely N-dealkylation sites (tertiary alicyclic amines) is 1. The molecule has 0 saturated carbocycles. The van der Waals surface area contributed by atoms with Crippen molar-refractivity contribution < 1.29 is 23.8 Å². The number of carbonyl (C=O) groups is 1. The third-order valence-corrected chi connectivity index (χ3v) is 11.8. The Kier molecular flexibility index (Phi) is 9.87. The summed E-state index contributed by atoms with van der Waals surface area (Å²) in [4.78, 5) is 14.6. The van der Waals surface area contributed by atoms with Crippen molar-refractivity contribution in [1.29, 1.82) is 0 Å². The van der Waals surface area contributed by atoms with Gasteiger partial charge >= 0.3 is 6.09 Å². The molecule has 1 heterocycles. The maximum absolute atomic E-state index is 12.9. The molecule has 0 aromatic heterocycles. The van der Waals surface area contributed by atoms with Crippen LogP contribution >= 0.6 is 0 Å². The number of methoxy groups -OCH3 is 1. The molecule has 1 aromatic carbocycles. The molecule has 200 valence electrons. The first-order valence-corrected chi connectivity index (χ1v) is 16.0. The highest BCUT2D eigenvalue weighted by molar-refractivity contribution is 6.74. The van der Waals surface area contributed by atoms with E-state index in [1.54, 1.807) is 12.0 Å². The van der Waals surface area contributed by atoms with Gasteiger partial charge in [0.15, 0.2) is 0 Å². The van der Waals surface area contributed by atoms with E-state index in [2.05, 4.69) is 33.9 Å². The highest BCUT2D eigenvalue weighted by Crippen LogP contribution is 2.46. The fraction of sp³-hybridized carbons (Fsp3) is 0.750. The minimum Gasteiger partial charge on any atom is -0.543 e. The van der Waals surface area contributed by atoms with Gasteiger partial charge in [0.2, 0.25) is 8.32 Å². The average Bonchev–Trinajstić information content (AvgIpc) is 2.75. The average molecular weight is 508 g/mol. The summed E-state index contributed by atoms with van der Waals surface area (Å²) in [7, 11) is -0.420. The first kappa shape index (κ1) is 29.7. The molecule has 2 atom stereocenters. The van der Waals surface area contributed by atoms with E-state index in [-0.39, 0.29) is 17.0 Å². The predicted octanol–water partition coefficient (Wildman–Crippen LogP) is 6.72. The Hall–Kier alpha value is -1.57. The predicted molar refractivity (Wildman–Crippen MR) is 144 cm³/mol. The van der Waals surface area contributed by atoms with Crippen LogP contribution in [-0.4, -0.2) is 56.8 Å². The number of para-hydroxylation sites is 1. The van der Waals surface area contributed by atoms with Crippen LogP contribution in [0.5, 0.6) is 5.75 Å². The van der Waals surface area contributed by atoms with Crippen LogP contribution in [-0.2, 0) is 15.1 Å². The highest BCUT2D eigenvalue weighted by atomic mass is 28.4. The summed E-state index contributed by atoms with van der Waals surface area (Å²) < 4.78 is 17.7. The zero-order chi connectivity index (χ0) is 26.5. The Balaban J connectivity index is 2.42. The molecule has 0 unspecified atom stereocenters. The zero-order valence-electron chi connectivity index (χ0n) is 23.6. The van der Waals surface area contributed by atoms with Crippen LogP contribution < -0.4 is 4.43 Å². The highest BCUT2D eigenvalue weighted by Gasteiger charge is 2.45. The van der Waals surface area contributed by atoms with Crippen LogP contribution in [0.4, 0.5) is 4.79 Å². The monoisotopic (exact) mass is 507 g/mol. The topological polar surface area (TPSA) is 68.2 Å². The van der Waals surface area contributed by atoms with Crippen molar-refractivity contribution in [3.63, 3.8) is 0 Å². The van der Waals surface area contributed by atoms with Gasteiger partial charge in [-0.15, -0.1) is 0 Å². The van der Waals surface area contributed by atoms with Gasteiger partial charge in [0.1, 0.15) is 11.4 Å². The number of unbranched alkanes of at least 4 members (excludes halogenated alkanes) is 1. The standard InChI is InChI=1S/C28H49NO5Si/c1-26(2,3)33-25(30)29-19-14-15-22(21-29)28(31,18-12-13-20-32-7)23-16-10-11-17-24(23)34-35(8,9)27(4,5)6/h10-11,16-17,22,31H,12-15,18-21H2,1-9H3/t22-,28-/m1/s1. The molecule has 6 nitrogen and oxygen atoms in total. The van der Waals surface area contributed by atoms with Crippen LogP contribution in [0.3, 0.4) is 0 Å². The van der Waals surface area contributed by atoms with Gasteiger partial charge in [-0.1, -0.05) is 39.0 Å². The van der Waals surface area contributed by atoms with E-state index in [1.165, 1.54) is 0 Å². The van der Waals surface area contributed by atoms with Gasteiger partial charge in [-0.2, -0.15) is 0 Å². The Morgan fingerprint density at radius 1 is 1.11 bits per heavy atom. The van der Waals surface area contributed by atoms with E-state index in [0.717, 1.165) is 37.0 Å². The second-order valence-electron chi connectivity index (χ2n) is 12.5. The van der Waals surface area contributed by atoms with Gasteiger partial charge in [-0.3, -0.25) is 0 Å². The third kappa shape index (κ3) is 7.96. The fourth-order valence-electron chi connectivity index (χ4n) is 4.40. The maximum atomic E-state index is 12.9. The summed E-state index contributed by atoms with van der Waals surface area (Å²) in [6, 6.07) is 7.95. The number of hydrogen-bond acceptors (Lipinski definition) is 5. The van der Waals surface area contributed by atoms with E-state index < -0.39 is 19.5 Å². The fourth-order valence-corrected chi connectivity index (χ4v) is 5.43. The molecule has 1 saturated heterocycles. The van der Waals surface area contributed by atoms with Gasteiger partial charge in [0, 0.05) is 38.3 Å². The number of amides is 1. The van der Waals surface area contributed by atoms with Crippen LogP contribution in [0.25, 0.3) is 0 Å². The summed E-state index contributed by atoms with van der Waals surface area (Å²) >= 11 is 0. The summed E-state index contributed by atoms with van der Waals surface area (Å²) in [6.07, 6.45) is 3.63. The van der Waals surface area contributed by atoms with E-state index in [0.29, 0.717) is 26.1 Å². The summed E-state index contributed by atoms with van der Waals surface area (Å²) in [5.41, 5.74) is -0.837. The maximum Gasteiger partial charge on any atom is 0.410 e. The molecule has 7 heteroatoms. The minimum atomic E-state index is -2.12. The Morgan fingerprint density at radius 3 is 2.37 bits per heavy atom. The van der Waals surface area contributed by atoms with Crippen LogP contribution in [0.15, 0.2) is 24.3 Å². The lowest BCUT2D eigenvalue weighted by Gasteiger charge is -2.44. The molecule has 35 heavy (non-hydrogen) atoms. The summed E-state index contributed by atoms with van der Waals surface area (Å²) in [5.74, 6) is 0.651. The minimum absolute atomic E-state index is 0.0367. The van der Waals surface area contributed by atoms with E-state index >= 15 is 0 Å². The normalized spacial score (nSPS) is 19.3. The number of aliphatic hydroxyl groups is 1. The van der Waals surface area contributed by atoms with Crippen LogP contribution in [0, 0.1) is 5.92 Å². The van der Waals surface area contributed by atoms with Crippen molar-refractivity contribution in [3.8, 4) is 5.75 Å². The van der Waals surface area contributed by atoms with Crippen molar-refractivity contribution in [1.82, 2.24) is 4.90 Å². The molecular weight excluding hydrogens is 458 g/mol. The van der Waals surface area contributed by atoms with E-state index in [4.69, 9.17) is 13.9 Å². The molecule has 2 rings (SSSR count). The van der Waals surface area contributed by atoms with Crippen LogP contribution in [0.1, 0.15) is 79.2 Å². The third-order valence-electron chi connectivity index (χ3n) is 7.43. The molecule has 1 aliphatic heterocycles. The number of hydrogen-bond donors (Lipinski definition) is 1. The Bertz CT molecular complexity index is 829.